The standard InChI is InChI=1S/C9H12N3O3S/c10-9(13)3-1-2-7-4-8(6-12-5-7)16(11,14)15/h2,4-6H,1,3H2,(H2,10,13)(H2,11,14,15). The topological polar surface area (TPSA) is 116 Å². The third kappa shape index (κ3) is 3.95. The second-order valence-corrected chi connectivity index (χ2v) is 4.77. The van der Waals surface area contributed by atoms with Gasteiger partial charge in [-0.25, -0.2) is 13.6 Å². The molecule has 87 valence electrons. The third-order valence-electron chi connectivity index (χ3n) is 1.83. The fourth-order valence-electron chi connectivity index (χ4n) is 1.08. The van der Waals surface area contributed by atoms with E-state index in [1.165, 1.54) is 18.5 Å². The van der Waals surface area contributed by atoms with Crippen molar-refractivity contribution >= 4 is 15.9 Å². The monoisotopic (exact) mass is 242 g/mol. The molecule has 0 saturated heterocycles. The average molecular weight is 242 g/mol. The van der Waals surface area contributed by atoms with Crippen molar-refractivity contribution < 1.29 is 13.2 Å². The first kappa shape index (κ1) is 12.6. The molecule has 0 fully saturated rings. The van der Waals surface area contributed by atoms with Crippen LogP contribution in [0.1, 0.15) is 18.4 Å². The van der Waals surface area contributed by atoms with Gasteiger partial charge >= 0.3 is 0 Å². The van der Waals surface area contributed by atoms with Gasteiger partial charge in [0.2, 0.25) is 15.9 Å². The van der Waals surface area contributed by atoms with Gasteiger partial charge in [0.05, 0.1) is 0 Å². The predicted octanol–water partition coefficient (Wildman–Crippen LogP) is -0.453. The summed E-state index contributed by atoms with van der Waals surface area (Å²) in [6.07, 6.45) is 4.97. The van der Waals surface area contributed by atoms with Gasteiger partial charge in [0, 0.05) is 18.8 Å². The van der Waals surface area contributed by atoms with Crippen molar-refractivity contribution in [3.63, 3.8) is 0 Å². The van der Waals surface area contributed by atoms with Crippen molar-refractivity contribution in [2.45, 2.75) is 17.7 Å². The number of pyridine rings is 1. The molecule has 1 radical (unpaired) electrons. The SMILES string of the molecule is NC(=O)CC[CH]c1cncc(S(N)(=O)=O)c1. The molecular weight excluding hydrogens is 230 g/mol. The zero-order valence-corrected chi connectivity index (χ0v) is 9.28. The Morgan fingerprint density at radius 3 is 2.69 bits per heavy atom. The highest BCUT2D eigenvalue weighted by atomic mass is 32.2. The summed E-state index contributed by atoms with van der Waals surface area (Å²) in [5.41, 5.74) is 5.56. The first-order chi connectivity index (χ1) is 7.39. The van der Waals surface area contributed by atoms with Crippen molar-refractivity contribution in [1.82, 2.24) is 4.98 Å². The number of amides is 1. The quantitative estimate of drug-likeness (QED) is 0.727. The molecule has 7 heteroatoms. The lowest BCUT2D eigenvalue weighted by molar-refractivity contribution is -0.117. The molecule has 1 aromatic heterocycles. The third-order valence-corrected chi connectivity index (χ3v) is 2.71. The van der Waals surface area contributed by atoms with Gasteiger partial charge in [-0.05, 0) is 24.5 Å². The molecule has 0 bridgehead atoms. The largest absolute Gasteiger partial charge is 0.370 e. The minimum Gasteiger partial charge on any atom is -0.370 e. The van der Waals surface area contributed by atoms with Crippen LogP contribution in [0.4, 0.5) is 0 Å². The number of primary amides is 1. The highest BCUT2D eigenvalue weighted by Crippen LogP contribution is 2.11. The minimum atomic E-state index is -3.74. The summed E-state index contributed by atoms with van der Waals surface area (Å²) in [6.45, 7) is 0. The number of hydrogen-bond acceptors (Lipinski definition) is 4. The van der Waals surface area contributed by atoms with Crippen molar-refractivity contribution in [2.24, 2.45) is 10.9 Å². The van der Waals surface area contributed by atoms with Gasteiger partial charge in [-0.15, -0.1) is 0 Å². The summed E-state index contributed by atoms with van der Waals surface area (Å²) in [7, 11) is -3.74. The van der Waals surface area contributed by atoms with Gasteiger partial charge in [-0.3, -0.25) is 9.78 Å². The fourth-order valence-corrected chi connectivity index (χ4v) is 1.59. The average Bonchev–Trinajstić information content (AvgIpc) is 2.16. The molecule has 1 aromatic rings. The van der Waals surface area contributed by atoms with E-state index in [-0.39, 0.29) is 11.3 Å². The Morgan fingerprint density at radius 1 is 1.44 bits per heavy atom. The molecule has 1 rings (SSSR count). The maximum Gasteiger partial charge on any atom is 0.239 e. The summed E-state index contributed by atoms with van der Waals surface area (Å²) in [4.78, 5) is 14.2. The van der Waals surface area contributed by atoms with Crippen LogP contribution in [0.2, 0.25) is 0 Å². The number of nitrogens with zero attached hydrogens (tertiary/aromatic N) is 1. The van der Waals surface area contributed by atoms with Crippen LogP contribution in [0.25, 0.3) is 0 Å². The molecule has 4 N–H and O–H groups in total. The Hall–Kier alpha value is -1.47. The normalized spacial score (nSPS) is 11.3. The molecule has 0 aromatic carbocycles. The fraction of sp³-hybridized carbons (Fsp3) is 0.222. The summed E-state index contributed by atoms with van der Waals surface area (Å²) in [5, 5.41) is 4.95. The number of nitrogens with two attached hydrogens (primary N) is 2. The molecule has 0 spiro atoms. The van der Waals surface area contributed by atoms with Crippen LogP contribution in [0.5, 0.6) is 0 Å². The zero-order valence-electron chi connectivity index (χ0n) is 8.46. The maximum absolute atomic E-state index is 11.0. The maximum atomic E-state index is 11.0. The van der Waals surface area contributed by atoms with Crippen LogP contribution in [0, 0.1) is 6.42 Å². The number of carbonyl (C=O) groups is 1. The molecule has 1 amide bonds. The van der Waals surface area contributed by atoms with Crippen molar-refractivity contribution in [2.75, 3.05) is 0 Å². The second kappa shape index (κ2) is 5.04. The lowest BCUT2D eigenvalue weighted by atomic mass is 10.1. The van der Waals surface area contributed by atoms with Crippen LogP contribution in [0.15, 0.2) is 23.4 Å². The van der Waals surface area contributed by atoms with Gasteiger partial charge in [0.15, 0.2) is 0 Å². The Bertz CT molecular complexity index is 485. The Morgan fingerprint density at radius 2 is 2.12 bits per heavy atom. The first-order valence-electron chi connectivity index (χ1n) is 4.49. The minimum absolute atomic E-state index is 0.0553. The van der Waals surface area contributed by atoms with Crippen molar-refractivity contribution in [1.29, 1.82) is 0 Å². The summed E-state index contributed by atoms with van der Waals surface area (Å²) in [5.74, 6) is -0.410. The Balaban J connectivity index is 2.72. The first-order valence-corrected chi connectivity index (χ1v) is 6.03. The van der Waals surface area contributed by atoms with E-state index in [4.69, 9.17) is 10.9 Å². The van der Waals surface area contributed by atoms with Crippen molar-refractivity contribution in [3.05, 3.63) is 30.4 Å². The summed E-state index contributed by atoms with van der Waals surface area (Å²) >= 11 is 0. The van der Waals surface area contributed by atoms with Crippen LogP contribution in [0.3, 0.4) is 0 Å². The van der Waals surface area contributed by atoms with Crippen molar-refractivity contribution in [3.8, 4) is 0 Å². The number of primary sulfonamides is 1. The van der Waals surface area contributed by atoms with Crippen LogP contribution >= 0.6 is 0 Å². The van der Waals surface area contributed by atoms with E-state index in [0.717, 1.165) is 0 Å². The predicted molar refractivity (Wildman–Crippen MR) is 57.4 cm³/mol. The molecule has 0 aliphatic carbocycles. The van der Waals surface area contributed by atoms with Gasteiger partial charge < -0.3 is 5.73 Å². The summed E-state index contributed by atoms with van der Waals surface area (Å²) < 4.78 is 22.0. The zero-order chi connectivity index (χ0) is 12.2. The Labute approximate surface area is 93.7 Å². The molecule has 0 atom stereocenters. The molecule has 0 saturated carbocycles. The lowest BCUT2D eigenvalue weighted by Gasteiger charge is -2.01. The second-order valence-electron chi connectivity index (χ2n) is 3.21. The van der Waals surface area contributed by atoms with Crippen LogP contribution in [-0.2, 0) is 14.8 Å². The molecule has 6 nitrogen and oxygen atoms in total. The van der Waals surface area contributed by atoms with Crippen LogP contribution in [-0.4, -0.2) is 19.3 Å². The van der Waals surface area contributed by atoms with E-state index in [1.54, 1.807) is 6.42 Å². The number of carbonyl (C=O) groups excluding carboxylic acids is 1. The molecular formula is C9H12N3O3S. The molecule has 0 unspecified atom stereocenters. The van der Waals surface area contributed by atoms with E-state index in [0.29, 0.717) is 12.0 Å². The van der Waals surface area contributed by atoms with E-state index in [1.807, 2.05) is 0 Å². The smallest absolute Gasteiger partial charge is 0.239 e. The molecule has 16 heavy (non-hydrogen) atoms. The van der Waals surface area contributed by atoms with Gasteiger partial charge in [-0.1, -0.05) is 0 Å². The van der Waals surface area contributed by atoms with Crippen LogP contribution < -0.4 is 10.9 Å². The number of sulfonamides is 1. The number of hydrogen-bond donors (Lipinski definition) is 2. The summed E-state index contributed by atoms with van der Waals surface area (Å²) in [6, 6.07) is 1.39. The van der Waals surface area contributed by atoms with E-state index in [9.17, 15) is 13.2 Å². The van der Waals surface area contributed by atoms with E-state index in [2.05, 4.69) is 4.98 Å². The lowest BCUT2D eigenvalue weighted by Crippen LogP contribution is -2.13. The van der Waals surface area contributed by atoms with Gasteiger partial charge in [0.1, 0.15) is 4.90 Å². The molecule has 1 heterocycles. The van der Waals surface area contributed by atoms with E-state index >= 15 is 0 Å². The number of rotatable bonds is 5. The van der Waals surface area contributed by atoms with E-state index < -0.39 is 15.9 Å². The Kier molecular flexibility index (Phi) is 3.97. The number of aromatic nitrogens is 1. The molecule has 0 aliphatic rings. The van der Waals surface area contributed by atoms with Gasteiger partial charge in [0.25, 0.3) is 0 Å². The highest BCUT2D eigenvalue weighted by molar-refractivity contribution is 7.89. The highest BCUT2D eigenvalue weighted by Gasteiger charge is 2.08. The molecule has 0 aliphatic heterocycles. The van der Waals surface area contributed by atoms with Gasteiger partial charge in [-0.2, -0.15) is 0 Å².